The van der Waals surface area contributed by atoms with E-state index in [9.17, 15) is 4.79 Å². The second kappa shape index (κ2) is 9.37. The van der Waals surface area contributed by atoms with Crippen LogP contribution in [0, 0.1) is 0 Å². The van der Waals surface area contributed by atoms with Gasteiger partial charge in [-0.2, -0.15) is 0 Å². The highest BCUT2D eigenvalue weighted by atomic mass is 35.5. The average molecular weight is 317 g/mol. The van der Waals surface area contributed by atoms with E-state index in [0.717, 1.165) is 38.8 Å². The molecule has 5 heteroatoms. The van der Waals surface area contributed by atoms with Crippen LogP contribution in [0.1, 0.15) is 49.8 Å². The van der Waals surface area contributed by atoms with Gasteiger partial charge in [0.1, 0.15) is 0 Å². The van der Waals surface area contributed by atoms with Gasteiger partial charge < -0.3 is 10.6 Å². The predicted octanol–water partition coefficient (Wildman–Crippen LogP) is 3.57. The van der Waals surface area contributed by atoms with Crippen molar-refractivity contribution in [2.24, 2.45) is 5.73 Å². The summed E-state index contributed by atoms with van der Waals surface area (Å²) >= 11 is 1.74. The van der Waals surface area contributed by atoms with Gasteiger partial charge in [0.2, 0.25) is 5.91 Å². The van der Waals surface area contributed by atoms with E-state index in [2.05, 4.69) is 22.4 Å². The number of unbranched alkanes of at least 4 members (excludes halogenated alkanes) is 3. The van der Waals surface area contributed by atoms with Gasteiger partial charge in [-0.3, -0.25) is 4.79 Å². The van der Waals surface area contributed by atoms with Crippen LogP contribution < -0.4 is 5.73 Å². The van der Waals surface area contributed by atoms with Gasteiger partial charge in [0, 0.05) is 17.3 Å². The largest absolute Gasteiger partial charge is 0.335 e. The van der Waals surface area contributed by atoms with Gasteiger partial charge in [-0.1, -0.05) is 18.9 Å². The fourth-order valence-corrected chi connectivity index (χ4v) is 3.00. The molecule has 20 heavy (non-hydrogen) atoms. The Bertz CT molecular complexity index is 379. The molecule has 0 atom stereocenters. The van der Waals surface area contributed by atoms with Crippen molar-refractivity contribution < 1.29 is 4.79 Å². The molecular formula is C15H25ClN2OS. The van der Waals surface area contributed by atoms with Gasteiger partial charge in [-0.05, 0) is 43.7 Å². The van der Waals surface area contributed by atoms with Gasteiger partial charge in [0.15, 0.2) is 0 Å². The van der Waals surface area contributed by atoms with Crippen molar-refractivity contribution in [2.75, 3.05) is 6.54 Å². The fourth-order valence-electron chi connectivity index (χ4n) is 2.30. The number of hydrogen-bond donors (Lipinski definition) is 1. The minimum absolute atomic E-state index is 0. The number of rotatable bonds is 9. The van der Waals surface area contributed by atoms with Gasteiger partial charge in [-0.25, -0.2) is 0 Å². The molecule has 0 bridgehead atoms. The third-order valence-electron chi connectivity index (χ3n) is 3.56. The number of hydrogen-bond acceptors (Lipinski definition) is 3. The molecule has 1 aromatic rings. The molecule has 0 spiro atoms. The molecular weight excluding hydrogens is 292 g/mol. The van der Waals surface area contributed by atoms with Gasteiger partial charge >= 0.3 is 0 Å². The minimum atomic E-state index is 0. The summed E-state index contributed by atoms with van der Waals surface area (Å²) in [6.45, 7) is 1.57. The predicted molar refractivity (Wildman–Crippen MR) is 87.3 cm³/mol. The number of thiophene rings is 1. The molecule has 1 amide bonds. The monoisotopic (exact) mass is 316 g/mol. The summed E-state index contributed by atoms with van der Waals surface area (Å²) in [4.78, 5) is 15.7. The zero-order valence-corrected chi connectivity index (χ0v) is 13.6. The maximum atomic E-state index is 12.3. The third kappa shape index (κ3) is 5.81. The van der Waals surface area contributed by atoms with Crippen LogP contribution in [-0.2, 0) is 11.3 Å². The number of halogens is 1. The highest BCUT2D eigenvalue weighted by Crippen LogP contribution is 2.30. The third-order valence-corrected chi connectivity index (χ3v) is 4.42. The molecule has 0 saturated heterocycles. The number of nitrogens with two attached hydrogens (primary N) is 1. The van der Waals surface area contributed by atoms with Crippen LogP contribution >= 0.6 is 23.7 Å². The Morgan fingerprint density at radius 3 is 2.65 bits per heavy atom. The summed E-state index contributed by atoms with van der Waals surface area (Å²) in [7, 11) is 0. The van der Waals surface area contributed by atoms with Crippen LogP contribution in [0.4, 0.5) is 0 Å². The lowest BCUT2D eigenvalue weighted by Crippen LogP contribution is -2.32. The molecule has 1 saturated carbocycles. The Kier molecular flexibility index (Phi) is 8.19. The number of carbonyl (C=O) groups excluding carboxylic acids is 1. The van der Waals surface area contributed by atoms with E-state index in [0.29, 0.717) is 18.4 Å². The molecule has 2 rings (SSSR count). The van der Waals surface area contributed by atoms with E-state index in [1.807, 2.05) is 0 Å². The zero-order chi connectivity index (χ0) is 13.5. The smallest absolute Gasteiger partial charge is 0.223 e. The van der Waals surface area contributed by atoms with E-state index in [1.54, 1.807) is 11.3 Å². The molecule has 3 nitrogen and oxygen atoms in total. The SMILES string of the molecule is Cl.NCCCCCCC(=O)N(Cc1cccs1)C1CC1. The van der Waals surface area contributed by atoms with Crippen molar-refractivity contribution in [1.29, 1.82) is 0 Å². The van der Waals surface area contributed by atoms with Crippen molar-refractivity contribution in [2.45, 2.75) is 57.5 Å². The van der Waals surface area contributed by atoms with Crippen molar-refractivity contribution in [3.05, 3.63) is 22.4 Å². The maximum Gasteiger partial charge on any atom is 0.223 e. The van der Waals surface area contributed by atoms with Crippen LogP contribution in [0.15, 0.2) is 17.5 Å². The molecule has 1 fully saturated rings. The average Bonchev–Trinajstić information content (AvgIpc) is 3.12. The quantitative estimate of drug-likeness (QED) is 0.708. The summed E-state index contributed by atoms with van der Waals surface area (Å²) in [6, 6.07) is 4.69. The first-order valence-electron chi connectivity index (χ1n) is 7.33. The molecule has 0 radical (unpaired) electrons. The Morgan fingerprint density at radius 1 is 1.30 bits per heavy atom. The van der Waals surface area contributed by atoms with Gasteiger partial charge in [-0.15, -0.1) is 23.7 Å². The number of carbonyl (C=O) groups is 1. The first-order chi connectivity index (χ1) is 9.31. The molecule has 0 unspecified atom stereocenters. The second-order valence-corrected chi connectivity index (χ2v) is 6.32. The first kappa shape index (κ1) is 17.5. The highest BCUT2D eigenvalue weighted by Gasteiger charge is 2.32. The summed E-state index contributed by atoms with van der Waals surface area (Å²) in [5.74, 6) is 0.337. The van der Waals surface area contributed by atoms with Crippen molar-refractivity contribution in [3.63, 3.8) is 0 Å². The van der Waals surface area contributed by atoms with Crippen LogP contribution in [0.25, 0.3) is 0 Å². The molecule has 2 N–H and O–H groups in total. The molecule has 114 valence electrons. The maximum absolute atomic E-state index is 12.3. The van der Waals surface area contributed by atoms with Crippen LogP contribution in [-0.4, -0.2) is 23.4 Å². The standard InChI is InChI=1S/C15H24N2OS.ClH/c16-10-4-2-1-3-7-15(18)17(13-8-9-13)12-14-6-5-11-19-14;/h5-6,11,13H,1-4,7-10,12,16H2;1H. The highest BCUT2D eigenvalue weighted by molar-refractivity contribution is 7.09. The van der Waals surface area contributed by atoms with E-state index >= 15 is 0 Å². The minimum Gasteiger partial charge on any atom is -0.335 e. The summed E-state index contributed by atoms with van der Waals surface area (Å²) in [5.41, 5.74) is 5.47. The second-order valence-electron chi connectivity index (χ2n) is 5.29. The Hall–Kier alpha value is -0.580. The topological polar surface area (TPSA) is 46.3 Å². The number of nitrogens with zero attached hydrogens (tertiary/aromatic N) is 1. The summed E-state index contributed by atoms with van der Waals surface area (Å²) < 4.78 is 0. The van der Waals surface area contributed by atoms with Crippen LogP contribution in [0.5, 0.6) is 0 Å². The van der Waals surface area contributed by atoms with E-state index in [1.165, 1.54) is 17.7 Å². The lowest BCUT2D eigenvalue weighted by atomic mass is 10.1. The number of amides is 1. The molecule has 1 aliphatic carbocycles. The normalized spacial score (nSPS) is 13.8. The van der Waals surface area contributed by atoms with E-state index in [4.69, 9.17) is 5.73 Å². The Balaban J connectivity index is 0.00000200. The molecule has 1 aromatic heterocycles. The van der Waals surface area contributed by atoms with Gasteiger partial charge in [0.05, 0.1) is 6.54 Å². The Morgan fingerprint density at radius 2 is 2.05 bits per heavy atom. The lowest BCUT2D eigenvalue weighted by molar-refractivity contribution is -0.132. The Labute approximate surface area is 131 Å². The van der Waals surface area contributed by atoms with E-state index < -0.39 is 0 Å². The van der Waals surface area contributed by atoms with E-state index in [-0.39, 0.29) is 12.4 Å². The van der Waals surface area contributed by atoms with Crippen LogP contribution in [0.2, 0.25) is 0 Å². The molecule has 1 aliphatic rings. The van der Waals surface area contributed by atoms with Crippen molar-refractivity contribution in [3.8, 4) is 0 Å². The summed E-state index contributed by atoms with van der Waals surface area (Å²) in [6.07, 6.45) is 7.43. The zero-order valence-electron chi connectivity index (χ0n) is 11.9. The molecule has 1 heterocycles. The first-order valence-corrected chi connectivity index (χ1v) is 8.21. The van der Waals surface area contributed by atoms with Crippen molar-refractivity contribution >= 4 is 29.7 Å². The van der Waals surface area contributed by atoms with Crippen molar-refractivity contribution in [1.82, 2.24) is 4.90 Å². The van der Waals surface area contributed by atoms with Gasteiger partial charge in [0.25, 0.3) is 0 Å². The summed E-state index contributed by atoms with van der Waals surface area (Å²) in [5, 5.41) is 2.08. The molecule has 0 aromatic carbocycles. The lowest BCUT2D eigenvalue weighted by Gasteiger charge is -2.21. The van der Waals surface area contributed by atoms with Crippen LogP contribution in [0.3, 0.4) is 0 Å². The molecule has 0 aliphatic heterocycles. The fraction of sp³-hybridized carbons (Fsp3) is 0.667.